The number of benzene rings is 1. The molecule has 0 aromatic heterocycles. The van der Waals surface area contributed by atoms with Gasteiger partial charge in [-0.25, -0.2) is 0 Å². The summed E-state index contributed by atoms with van der Waals surface area (Å²) in [4.78, 5) is 29.2. The molecule has 1 saturated heterocycles. The van der Waals surface area contributed by atoms with Crippen molar-refractivity contribution >= 4 is 11.8 Å². The van der Waals surface area contributed by atoms with Crippen LogP contribution in [0.5, 0.6) is 5.75 Å². The van der Waals surface area contributed by atoms with Crippen LogP contribution in [0.2, 0.25) is 0 Å². The van der Waals surface area contributed by atoms with Crippen LogP contribution in [0, 0.1) is 11.8 Å². The van der Waals surface area contributed by atoms with Gasteiger partial charge >= 0.3 is 0 Å². The first kappa shape index (κ1) is 20.6. The molecule has 1 aliphatic heterocycles. The molecule has 0 radical (unpaired) electrons. The largest absolute Gasteiger partial charge is 0.497 e. The number of nitrogens with one attached hydrogen (secondary N) is 1. The smallest absolute Gasteiger partial charge is 0.254 e. The fourth-order valence-electron chi connectivity index (χ4n) is 4.29. The van der Waals surface area contributed by atoms with Crippen molar-refractivity contribution in [2.45, 2.75) is 39.2 Å². The molecule has 1 aromatic rings. The Morgan fingerprint density at radius 2 is 1.89 bits per heavy atom. The summed E-state index contributed by atoms with van der Waals surface area (Å²) >= 11 is 0. The van der Waals surface area contributed by atoms with Crippen molar-refractivity contribution < 1.29 is 14.3 Å². The summed E-state index contributed by atoms with van der Waals surface area (Å²) in [7, 11) is 1.60. The van der Waals surface area contributed by atoms with Crippen molar-refractivity contribution in [1.29, 1.82) is 0 Å². The number of hydrogen-bond donors (Lipinski definition) is 1. The lowest BCUT2D eigenvalue weighted by atomic mass is 9.78. The quantitative estimate of drug-likeness (QED) is 0.843. The van der Waals surface area contributed by atoms with Gasteiger partial charge in [0.15, 0.2) is 0 Å². The highest BCUT2D eigenvalue weighted by Crippen LogP contribution is 2.29. The van der Waals surface area contributed by atoms with Crippen LogP contribution in [-0.2, 0) is 4.79 Å². The number of methoxy groups -OCH3 is 1. The number of amides is 2. The summed E-state index contributed by atoms with van der Waals surface area (Å²) < 4.78 is 5.21. The monoisotopic (exact) mass is 387 g/mol. The molecule has 2 fully saturated rings. The summed E-state index contributed by atoms with van der Waals surface area (Å²) in [5.74, 6) is 2.03. The molecule has 154 valence electrons. The number of carbonyl (C=O) groups is 2. The predicted molar refractivity (Wildman–Crippen MR) is 109 cm³/mol. The van der Waals surface area contributed by atoms with Gasteiger partial charge in [-0.3, -0.25) is 14.5 Å². The number of nitrogens with zero attached hydrogens (tertiary/aromatic N) is 2. The molecule has 2 aliphatic rings. The number of hydrogen-bond acceptors (Lipinski definition) is 4. The maximum atomic E-state index is 12.7. The lowest BCUT2D eigenvalue weighted by Gasteiger charge is -2.37. The molecule has 2 amide bonds. The van der Waals surface area contributed by atoms with Crippen LogP contribution >= 0.6 is 0 Å². The molecule has 1 aliphatic carbocycles. The van der Waals surface area contributed by atoms with Crippen LogP contribution in [0.4, 0.5) is 0 Å². The van der Waals surface area contributed by atoms with E-state index in [-0.39, 0.29) is 11.8 Å². The average molecular weight is 388 g/mol. The third kappa shape index (κ3) is 5.04. The molecule has 1 aromatic carbocycles. The van der Waals surface area contributed by atoms with Gasteiger partial charge in [-0.05, 0) is 36.5 Å². The standard InChI is InChI=1S/C22H33N3O3/c1-16-6-4-9-20(17(16)2)23-21(26)15-24-10-12-25(13-11-24)22(27)18-7-5-8-19(14-18)28-3/h5,7-8,14,16-17,20H,4,6,9-13,15H2,1-3H3,(H,23,26). The molecule has 1 saturated carbocycles. The molecule has 6 heteroatoms. The van der Waals surface area contributed by atoms with E-state index in [4.69, 9.17) is 4.74 Å². The van der Waals surface area contributed by atoms with Gasteiger partial charge in [0, 0.05) is 37.8 Å². The van der Waals surface area contributed by atoms with Crippen LogP contribution in [0.1, 0.15) is 43.5 Å². The van der Waals surface area contributed by atoms with Gasteiger partial charge in [0.05, 0.1) is 13.7 Å². The number of piperazine rings is 1. The summed E-state index contributed by atoms with van der Waals surface area (Å²) in [5, 5.41) is 3.24. The maximum absolute atomic E-state index is 12.7. The summed E-state index contributed by atoms with van der Waals surface area (Å²) in [6.07, 6.45) is 3.54. The zero-order valence-corrected chi connectivity index (χ0v) is 17.3. The van der Waals surface area contributed by atoms with Crippen molar-refractivity contribution in [1.82, 2.24) is 15.1 Å². The second-order valence-electron chi connectivity index (χ2n) is 8.24. The van der Waals surface area contributed by atoms with E-state index in [0.29, 0.717) is 48.8 Å². The minimum atomic E-state index is 0.0213. The minimum Gasteiger partial charge on any atom is -0.497 e. The van der Waals surface area contributed by atoms with E-state index in [2.05, 4.69) is 24.1 Å². The van der Waals surface area contributed by atoms with E-state index in [0.717, 1.165) is 19.5 Å². The maximum Gasteiger partial charge on any atom is 0.254 e. The van der Waals surface area contributed by atoms with Gasteiger partial charge in [0.1, 0.15) is 5.75 Å². The Kier molecular flexibility index (Phi) is 6.94. The molecule has 3 unspecified atom stereocenters. The molecule has 1 N–H and O–H groups in total. The zero-order chi connectivity index (χ0) is 20.1. The third-order valence-electron chi connectivity index (χ3n) is 6.40. The molecule has 1 heterocycles. The summed E-state index contributed by atoms with van der Waals surface area (Å²) in [6, 6.07) is 7.55. The van der Waals surface area contributed by atoms with Crippen molar-refractivity contribution in [3.05, 3.63) is 29.8 Å². The van der Waals surface area contributed by atoms with Crippen molar-refractivity contribution in [3.8, 4) is 5.75 Å². The normalized spacial score (nSPS) is 26.0. The highest BCUT2D eigenvalue weighted by Gasteiger charge is 2.29. The Labute approximate surface area is 168 Å². The third-order valence-corrected chi connectivity index (χ3v) is 6.40. The fraction of sp³-hybridized carbons (Fsp3) is 0.636. The first-order valence-corrected chi connectivity index (χ1v) is 10.4. The van der Waals surface area contributed by atoms with Crippen LogP contribution in [0.25, 0.3) is 0 Å². The van der Waals surface area contributed by atoms with E-state index in [1.54, 1.807) is 13.2 Å². The van der Waals surface area contributed by atoms with Crippen LogP contribution in [-0.4, -0.2) is 67.5 Å². The number of carbonyl (C=O) groups excluding carboxylic acids is 2. The molecule has 28 heavy (non-hydrogen) atoms. The van der Waals surface area contributed by atoms with Crippen LogP contribution in [0.15, 0.2) is 24.3 Å². The zero-order valence-electron chi connectivity index (χ0n) is 17.3. The Morgan fingerprint density at radius 3 is 2.61 bits per heavy atom. The molecular formula is C22H33N3O3. The highest BCUT2D eigenvalue weighted by molar-refractivity contribution is 5.94. The van der Waals surface area contributed by atoms with Crippen LogP contribution in [0.3, 0.4) is 0 Å². The van der Waals surface area contributed by atoms with Crippen molar-refractivity contribution in [2.24, 2.45) is 11.8 Å². The van der Waals surface area contributed by atoms with Crippen molar-refractivity contribution in [2.75, 3.05) is 39.8 Å². The first-order valence-electron chi connectivity index (χ1n) is 10.4. The molecular weight excluding hydrogens is 354 g/mol. The van der Waals surface area contributed by atoms with Gasteiger partial charge in [0.25, 0.3) is 5.91 Å². The topological polar surface area (TPSA) is 61.9 Å². The number of ether oxygens (including phenoxy) is 1. The predicted octanol–water partition coefficient (Wildman–Crippen LogP) is 2.39. The Hall–Kier alpha value is -2.08. The van der Waals surface area contributed by atoms with E-state index < -0.39 is 0 Å². The fourth-order valence-corrected chi connectivity index (χ4v) is 4.29. The van der Waals surface area contributed by atoms with Gasteiger partial charge < -0.3 is 15.0 Å². The van der Waals surface area contributed by atoms with Crippen molar-refractivity contribution in [3.63, 3.8) is 0 Å². The number of rotatable bonds is 5. The highest BCUT2D eigenvalue weighted by atomic mass is 16.5. The summed E-state index contributed by atoms with van der Waals surface area (Å²) in [5.41, 5.74) is 0.644. The second kappa shape index (κ2) is 9.41. The molecule has 3 rings (SSSR count). The molecule has 3 atom stereocenters. The van der Waals surface area contributed by atoms with E-state index in [9.17, 15) is 9.59 Å². The average Bonchev–Trinajstić information content (AvgIpc) is 2.71. The SMILES string of the molecule is COc1cccc(C(=O)N2CCN(CC(=O)NC3CCCC(C)C3C)CC2)c1. The lowest BCUT2D eigenvalue weighted by Crippen LogP contribution is -2.53. The Bertz CT molecular complexity index is 685. The Balaban J connectivity index is 1.46. The summed E-state index contributed by atoms with van der Waals surface area (Å²) in [6.45, 7) is 7.66. The molecule has 6 nitrogen and oxygen atoms in total. The van der Waals surface area contributed by atoms with Gasteiger partial charge in [0.2, 0.25) is 5.91 Å². The lowest BCUT2D eigenvalue weighted by molar-refractivity contribution is -0.124. The van der Waals surface area contributed by atoms with Crippen LogP contribution < -0.4 is 10.1 Å². The Morgan fingerprint density at radius 1 is 1.14 bits per heavy atom. The van der Waals surface area contributed by atoms with E-state index in [1.807, 2.05) is 23.1 Å². The van der Waals surface area contributed by atoms with E-state index in [1.165, 1.54) is 12.8 Å². The van der Waals surface area contributed by atoms with E-state index >= 15 is 0 Å². The molecule has 0 spiro atoms. The minimum absolute atomic E-state index is 0.0213. The second-order valence-corrected chi connectivity index (χ2v) is 8.24. The first-order chi connectivity index (χ1) is 13.5. The van der Waals surface area contributed by atoms with Gasteiger partial charge in [-0.15, -0.1) is 0 Å². The van der Waals surface area contributed by atoms with Gasteiger partial charge in [-0.1, -0.05) is 32.8 Å². The van der Waals surface area contributed by atoms with Gasteiger partial charge in [-0.2, -0.15) is 0 Å². The molecule has 0 bridgehead atoms.